The molecule has 0 aliphatic heterocycles. The van der Waals surface area contributed by atoms with E-state index in [9.17, 15) is 4.79 Å². The van der Waals surface area contributed by atoms with Gasteiger partial charge >= 0.3 is 5.97 Å². The second-order valence-corrected chi connectivity index (χ2v) is 8.49. The van der Waals surface area contributed by atoms with Crippen LogP contribution >= 0.6 is 11.8 Å². The van der Waals surface area contributed by atoms with Gasteiger partial charge in [-0.15, -0.1) is 15.3 Å². The number of hydrogen-bond acceptors (Lipinski definition) is 10. The average Bonchev–Trinajstić information content (AvgIpc) is 3.41. The summed E-state index contributed by atoms with van der Waals surface area (Å²) in [6.45, 7) is 2.28. The van der Waals surface area contributed by atoms with E-state index >= 15 is 0 Å². The third-order valence-electron chi connectivity index (χ3n) is 5.59. The normalized spacial score (nSPS) is 18.5. The van der Waals surface area contributed by atoms with Crippen molar-refractivity contribution in [1.29, 1.82) is 0 Å². The zero-order valence-corrected chi connectivity index (χ0v) is 19.4. The number of ether oxygens (including phenoxy) is 2. The quantitative estimate of drug-likeness (QED) is 0.384. The molecule has 0 bridgehead atoms. The predicted octanol–water partition coefficient (Wildman–Crippen LogP) is 2.05. The van der Waals surface area contributed by atoms with Gasteiger partial charge in [-0.05, 0) is 56.2 Å². The molecule has 0 radical (unpaired) electrons. The maximum atomic E-state index is 11.9. The van der Waals surface area contributed by atoms with Gasteiger partial charge in [0.05, 0.1) is 36.2 Å². The van der Waals surface area contributed by atoms with Gasteiger partial charge in [-0.1, -0.05) is 17.0 Å². The second kappa shape index (κ2) is 9.63. The predicted molar refractivity (Wildman–Crippen MR) is 116 cm³/mol. The van der Waals surface area contributed by atoms with E-state index < -0.39 is 0 Å². The van der Waals surface area contributed by atoms with Crippen molar-refractivity contribution >= 4 is 17.7 Å². The van der Waals surface area contributed by atoms with Crippen LogP contribution in [-0.2, 0) is 23.1 Å². The number of hydrogen-bond donors (Lipinski definition) is 0. The van der Waals surface area contributed by atoms with Gasteiger partial charge in [0.15, 0.2) is 0 Å². The molecular formula is C20H26N8O3S. The summed E-state index contributed by atoms with van der Waals surface area (Å²) < 4.78 is 12.8. The molecule has 1 aliphatic carbocycles. The lowest BCUT2D eigenvalue weighted by Crippen LogP contribution is -2.30. The molecule has 1 saturated carbocycles. The van der Waals surface area contributed by atoms with Crippen LogP contribution < -0.4 is 4.74 Å². The molecule has 2 atom stereocenters. The molecule has 3 heterocycles. The molecule has 12 heteroatoms. The highest BCUT2D eigenvalue weighted by Crippen LogP contribution is 2.31. The minimum atomic E-state index is -0.162. The molecule has 11 nitrogen and oxygen atoms in total. The maximum Gasteiger partial charge on any atom is 0.308 e. The van der Waals surface area contributed by atoms with Crippen LogP contribution in [0.4, 0.5) is 0 Å². The molecule has 3 aromatic rings. The largest absolute Gasteiger partial charge is 0.489 e. The highest BCUT2D eigenvalue weighted by atomic mass is 32.2. The molecule has 4 rings (SSSR count). The van der Waals surface area contributed by atoms with E-state index in [0.29, 0.717) is 35.3 Å². The number of aromatic nitrogens is 8. The van der Waals surface area contributed by atoms with Gasteiger partial charge in [0, 0.05) is 7.05 Å². The van der Waals surface area contributed by atoms with E-state index in [1.165, 1.54) is 23.7 Å². The number of rotatable bonds is 7. The van der Waals surface area contributed by atoms with Gasteiger partial charge < -0.3 is 9.47 Å². The van der Waals surface area contributed by atoms with E-state index in [2.05, 4.69) is 25.7 Å². The van der Waals surface area contributed by atoms with Crippen LogP contribution in [0.1, 0.15) is 37.1 Å². The number of tetrazole rings is 1. The number of carbonyl (C=O) groups excluding carboxylic acids is 1. The van der Waals surface area contributed by atoms with E-state index in [4.69, 9.17) is 14.5 Å². The fourth-order valence-electron chi connectivity index (χ4n) is 3.88. The molecule has 0 N–H and O–H groups in total. The van der Waals surface area contributed by atoms with Crippen LogP contribution in [-0.4, -0.2) is 65.6 Å². The van der Waals surface area contributed by atoms with Crippen molar-refractivity contribution in [2.24, 2.45) is 13.0 Å². The van der Waals surface area contributed by atoms with Crippen molar-refractivity contribution < 1.29 is 14.3 Å². The summed E-state index contributed by atoms with van der Waals surface area (Å²) in [5, 5.41) is 21.4. The van der Waals surface area contributed by atoms with Crippen LogP contribution in [0.15, 0.2) is 17.3 Å². The molecule has 1 aliphatic rings. The Bertz CT molecular complexity index is 1100. The summed E-state index contributed by atoms with van der Waals surface area (Å²) in [5.41, 5.74) is 2.93. The Labute approximate surface area is 189 Å². The zero-order valence-electron chi connectivity index (χ0n) is 18.6. The minimum Gasteiger partial charge on any atom is -0.489 e. The lowest BCUT2D eigenvalue weighted by Gasteiger charge is -2.28. The Hall–Kier alpha value is -3.02. The van der Waals surface area contributed by atoms with Crippen molar-refractivity contribution in [2.45, 2.75) is 50.4 Å². The molecule has 0 unspecified atom stereocenters. The van der Waals surface area contributed by atoms with Crippen molar-refractivity contribution in [2.75, 3.05) is 13.4 Å². The standard InChI is InChI=1S/C20H26N8O3S/c1-12-17(31-14-7-5-6-13(10-14)19(29)30-3)9-8-15(21-12)18-16(27(2)25-22-18)11-28-24-20(32-4)23-26-28/h8-9,13-14H,5-7,10-11H2,1-4H3/t13-,14-/m0/s1. The summed E-state index contributed by atoms with van der Waals surface area (Å²) in [6.07, 6.45) is 5.22. The Kier molecular flexibility index (Phi) is 6.68. The number of pyridine rings is 1. The number of carbonyl (C=O) groups is 1. The van der Waals surface area contributed by atoms with Crippen LogP contribution in [0.5, 0.6) is 5.75 Å². The Morgan fingerprint density at radius 2 is 2.09 bits per heavy atom. The van der Waals surface area contributed by atoms with Crippen molar-refractivity contribution in [3.05, 3.63) is 23.5 Å². The smallest absolute Gasteiger partial charge is 0.308 e. The summed E-state index contributed by atoms with van der Waals surface area (Å²) in [7, 11) is 3.25. The fourth-order valence-corrected chi connectivity index (χ4v) is 4.18. The first-order valence-electron chi connectivity index (χ1n) is 10.4. The van der Waals surface area contributed by atoms with Gasteiger partial charge in [0.25, 0.3) is 0 Å². The molecule has 0 saturated heterocycles. The highest BCUT2D eigenvalue weighted by molar-refractivity contribution is 7.98. The molecule has 32 heavy (non-hydrogen) atoms. The first-order valence-corrected chi connectivity index (χ1v) is 11.6. The van der Waals surface area contributed by atoms with Gasteiger partial charge in [-0.3, -0.25) is 4.79 Å². The van der Waals surface area contributed by atoms with Gasteiger partial charge in [-0.25, -0.2) is 9.67 Å². The van der Waals surface area contributed by atoms with Crippen LogP contribution in [0, 0.1) is 12.8 Å². The topological polar surface area (TPSA) is 123 Å². The minimum absolute atomic E-state index is 0.0321. The first-order chi connectivity index (χ1) is 15.5. The van der Waals surface area contributed by atoms with Gasteiger partial charge in [0.2, 0.25) is 5.16 Å². The van der Waals surface area contributed by atoms with Crippen LogP contribution in [0.25, 0.3) is 11.4 Å². The monoisotopic (exact) mass is 458 g/mol. The molecular weight excluding hydrogens is 432 g/mol. The van der Waals surface area contributed by atoms with E-state index in [0.717, 1.165) is 30.7 Å². The number of nitrogens with zero attached hydrogens (tertiary/aromatic N) is 8. The Balaban J connectivity index is 1.51. The third kappa shape index (κ3) is 4.74. The molecule has 0 amide bonds. The average molecular weight is 459 g/mol. The van der Waals surface area contributed by atoms with E-state index in [1.54, 1.807) is 4.68 Å². The first kappa shape index (κ1) is 22.2. The van der Waals surface area contributed by atoms with Gasteiger partial charge in [0.1, 0.15) is 18.0 Å². The van der Waals surface area contributed by atoms with Crippen molar-refractivity contribution in [1.82, 2.24) is 40.2 Å². The SMILES string of the molecule is COC(=O)[C@H]1CCC[C@H](Oc2ccc(-c3nnn(C)c3Cn3nnc(SC)n3)nc2C)C1. The molecule has 0 spiro atoms. The molecule has 170 valence electrons. The zero-order chi connectivity index (χ0) is 22.7. The summed E-state index contributed by atoms with van der Waals surface area (Å²) in [6, 6.07) is 3.77. The molecule has 3 aromatic heterocycles. The number of aryl methyl sites for hydroxylation is 2. The summed E-state index contributed by atoms with van der Waals surface area (Å²) in [5.74, 6) is 0.438. The van der Waals surface area contributed by atoms with Crippen molar-refractivity contribution in [3.8, 4) is 17.1 Å². The van der Waals surface area contributed by atoms with Crippen molar-refractivity contribution in [3.63, 3.8) is 0 Å². The van der Waals surface area contributed by atoms with Gasteiger partial charge in [-0.2, -0.15) is 4.80 Å². The molecule has 1 fully saturated rings. The number of esters is 1. The van der Waals surface area contributed by atoms with Crippen LogP contribution in [0.3, 0.4) is 0 Å². The highest BCUT2D eigenvalue weighted by Gasteiger charge is 2.29. The maximum absolute atomic E-state index is 11.9. The Morgan fingerprint density at radius 3 is 2.81 bits per heavy atom. The Morgan fingerprint density at radius 1 is 1.25 bits per heavy atom. The summed E-state index contributed by atoms with van der Waals surface area (Å²) >= 11 is 1.43. The number of methoxy groups -OCH3 is 1. The second-order valence-electron chi connectivity index (χ2n) is 7.72. The number of thioether (sulfide) groups is 1. The summed E-state index contributed by atoms with van der Waals surface area (Å²) in [4.78, 5) is 18.1. The lowest BCUT2D eigenvalue weighted by atomic mass is 9.87. The third-order valence-corrected chi connectivity index (χ3v) is 6.11. The lowest BCUT2D eigenvalue weighted by molar-refractivity contribution is -0.147. The fraction of sp³-hybridized carbons (Fsp3) is 0.550. The van der Waals surface area contributed by atoms with Crippen LogP contribution in [0.2, 0.25) is 0 Å². The molecule has 0 aromatic carbocycles. The van der Waals surface area contributed by atoms with E-state index in [1.807, 2.05) is 32.4 Å². The van der Waals surface area contributed by atoms with E-state index in [-0.39, 0.29) is 18.0 Å².